The lowest BCUT2D eigenvalue weighted by atomic mass is 9.78. The third-order valence-electron chi connectivity index (χ3n) is 6.76. The molecule has 2 N–H and O–H groups in total. The molecule has 0 bridgehead atoms. The third-order valence-corrected chi connectivity index (χ3v) is 6.76. The van der Waals surface area contributed by atoms with E-state index < -0.39 is 5.54 Å². The van der Waals surface area contributed by atoms with E-state index in [1.807, 2.05) is 36.5 Å². The van der Waals surface area contributed by atoms with Crippen LogP contribution in [0.15, 0.2) is 48.8 Å². The van der Waals surface area contributed by atoms with Gasteiger partial charge in [-0.2, -0.15) is 0 Å². The van der Waals surface area contributed by atoms with Crippen LogP contribution in [-0.4, -0.2) is 40.8 Å². The van der Waals surface area contributed by atoms with Crippen LogP contribution in [0.25, 0.3) is 0 Å². The Labute approximate surface area is 170 Å². The van der Waals surface area contributed by atoms with Gasteiger partial charge < -0.3 is 10.6 Å². The predicted molar refractivity (Wildman–Crippen MR) is 110 cm³/mol. The SMILES string of the molecule is O=C(NCCCc1cccnc1)[C@@H]1C[C@H]2CCCN2[C@]12C(=O)Nc1ccccc12. The lowest BCUT2D eigenvalue weighted by Crippen LogP contribution is -2.54. The predicted octanol–water partition coefficient (Wildman–Crippen LogP) is 2.46. The molecule has 0 radical (unpaired) electrons. The first-order valence-electron chi connectivity index (χ1n) is 10.6. The number of aryl methyl sites for hydroxylation is 1. The van der Waals surface area contributed by atoms with Gasteiger partial charge in [0.25, 0.3) is 0 Å². The van der Waals surface area contributed by atoms with E-state index >= 15 is 0 Å². The third kappa shape index (κ3) is 2.85. The zero-order valence-electron chi connectivity index (χ0n) is 16.4. The summed E-state index contributed by atoms with van der Waals surface area (Å²) < 4.78 is 0. The number of nitrogens with zero attached hydrogens (tertiary/aromatic N) is 2. The maximum absolute atomic E-state index is 13.3. The molecule has 4 heterocycles. The molecular formula is C23H26N4O2. The van der Waals surface area contributed by atoms with E-state index in [0.29, 0.717) is 12.6 Å². The average molecular weight is 390 g/mol. The molecule has 2 aromatic rings. The van der Waals surface area contributed by atoms with Gasteiger partial charge in [-0.1, -0.05) is 24.3 Å². The molecular weight excluding hydrogens is 364 g/mol. The van der Waals surface area contributed by atoms with Crippen LogP contribution >= 0.6 is 0 Å². The second-order valence-corrected chi connectivity index (χ2v) is 8.30. The number of benzene rings is 1. The highest BCUT2D eigenvalue weighted by atomic mass is 16.2. The van der Waals surface area contributed by atoms with Crippen LogP contribution in [0.2, 0.25) is 0 Å². The first-order valence-corrected chi connectivity index (χ1v) is 10.6. The lowest BCUT2D eigenvalue weighted by molar-refractivity contribution is -0.137. The van der Waals surface area contributed by atoms with Gasteiger partial charge in [-0.25, -0.2) is 0 Å². The van der Waals surface area contributed by atoms with E-state index in [9.17, 15) is 9.59 Å². The topological polar surface area (TPSA) is 74.3 Å². The van der Waals surface area contributed by atoms with Gasteiger partial charge in [0.05, 0.1) is 5.92 Å². The van der Waals surface area contributed by atoms with Crippen LogP contribution in [0.3, 0.4) is 0 Å². The Kier molecular flexibility index (Phi) is 4.59. The number of aromatic nitrogens is 1. The molecule has 3 aliphatic heterocycles. The van der Waals surface area contributed by atoms with E-state index in [1.165, 1.54) is 5.56 Å². The summed E-state index contributed by atoms with van der Waals surface area (Å²) in [7, 11) is 0. The van der Waals surface area contributed by atoms with Gasteiger partial charge in [-0.3, -0.25) is 19.5 Å². The highest BCUT2D eigenvalue weighted by Gasteiger charge is 2.65. The summed E-state index contributed by atoms with van der Waals surface area (Å²) in [5.41, 5.74) is 2.12. The summed E-state index contributed by atoms with van der Waals surface area (Å²) in [6.07, 6.45) is 8.25. The van der Waals surface area contributed by atoms with E-state index in [-0.39, 0.29) is 17.7 Å². The van der Waals surface area contributed by atoms with Crippen molar-refractivity contribution in [3.63, 3.8) is 0 Å². The van der Waals surface area contributed by atoms with Gasteiger partial charge in [0.1, 0.15) is 5.54 Å². The Morgan fingerprint density at radius 1 is 1.28 bits per heavy atom. The van der Waals surface area contributed by atoms with Crippen molar-refractivity contribution in [1.82, 2.24) is 15.2 Å². The molecule has 5 rings (SSSR count). The molecule has 6 nitrogen and oxygen atoms in total. The minimum absolute atomic E-state index is 0.00237. The van der Waals surface area contributed by atoms with Crippen LogP contribution in [0.1, 0.15) is 36.8 Å². The number of rotatable bonds is 5. The van der Waals surface area contributed by atoms with Crippen LogP contribution in [0.5, 0.6) is 0 Å². The van der Waals surface area contributed by atoms with Crippen molar-refractivity contribution in [1.29, 1.82) is 0 Å². The number of anilines is 1. The summed E-state index contributed by atoms with van der Waals surface area (Å²) in [5.74, 6) is -0.397. The van der Waals surface area contributed by atoms with Crippen molar-refractivity contribution >= 4 is 17.5 Å². The molecule has 3 aliphatic rings. The maximum atomic E-state index is 13.3. The number of amides is 2. The van der Waals surface area contributed by atoms with Crippen LogP contribution in [0, 0.1) is 5.92 Å². The Bertz CT molecular complexity index is 931. The Morgan fingerprint density at radius 3 is 3.03 bits per heavy atom. The molecule has 0 aliphatic carbocycles. The van der Waals surface area contributed by atoms with Gasteiger partial charge in [-0.15, -0.1) is 0 Å². The molecule has 2 amide bonds. The van der Waals surface area contributed by atoms with E-state index in [1.54, 1.807) is 6.20 Å². The molecule has 1 aromatic carbocycles. The van der Waals surface area contributed by atoms with Gasteiger partial charge in [-0.05, 0) is 56.3 Å². The Morgan fingerprint density at radius 2 is 2.17 bits per heavy atom. The molecule has 29 heavy (non-hydrogen) atoms. The van der Waals surface area contributed by atoms with Crippen molar-refractivity contribution in [3.05, 3.63) is 59.9 Å². The highest BCUT2D eigenvalue weighted by molar-refractivity contribution is 6.09. The minimum atomic E-state index is -0.856. The quantitative estimate of drug-likeness (QED) is 0.769. The summed E-state index contributed by atoms with van der Waals surface area (Å²) in [4.78, 5) is 33.0. The number of hydrogen-bond acceptors (Lipinski definition) is 4. The summed E-state index contributed by atoms with van der Waals surface area (Å²) in [5, 5.41) is 6.17. The van der Waals surface area contributed by atoms with Crippen LogP contribution in [-0.2, 0) is 21.5 Å². The van der Waals surface area contributed by atoms with Gasteiger partial charge in [0, 0.05) is 36.2 Å². The number of nitrogens with one attached hydrogen (secondary N) is 2. The molecule has 2 fully saturated rings. The maximum Gasteiger partial charge on any atom is 0.250 e. The summed E-state index contributed by atoms with van der Waals surface area (Å²) in [6.45, 7) is 1.48. The monoisotopic (exact) mass is 390 g/mol. The Hall–Kier alpha value is -2.73. The smallest absolute Gasteiger partial charge is 0.250 e. The van der Waals surface area contributed by atoms with Crippen LogP contribution < -0.4 is 10.6 Å². The first kappa shape index (κ1) is 18.3. The number of hydrogen-bond donors (Lipinski definition) is 2. The summed E-state index contributed by atoms with van der Waals surface area (Å²) >= 11 is 0. The number of fused-ring (bicyclic) bond motifs is 4. The van der Waals surface area contributed by atoms with Crippen molar-refractivity contribution < 1.29 is 9.59 Å². The standard InChI is InChI=1S/C23H26N4O2/c28-21(25-12-4-7-16-6-3-11-24-15-16)19-14-17-8-5-13-27(17)23(19)18-9-1-2-10-20(18)26-22(23)29/h1-3,6,9-11,15,17,19H,4-5,7-8,12-14H2,(H,25,28)(H,26,29)/t17-,19+,23+/m1/s1. The fraction of sp³-hybridized carbons (Fsp3) is 0.435. The number of carbonyl (C=O) groups excluding carboxylic acids is 2. The van der Waals surface area contributed by atoms with Crippen molar-refractivity contribution in [3.8, 4) is 0 Å². The molecule has 1 aromatic heterocycles. The second-order valence-electron chi connectivity index (χ2n) is 8.30. The number of para-hydroxylation sites is 1. The molecule has 6 heteroatoms. The fourth-order valence-corrected chi connectivity index (χ4v) is 5.55. The molecule has 0 saturated carbocycles. The van der Waals surface area contributed by atoms with Gasteiger partial charge >= 0.3 is 0 Å². The highest BCUT2D eigenvalue weighted by Crippen LogP contribution is 2.55. The second kappa shape index (κ2) is 7.26. The first-order chi connectivity index (χ1) is 14.2. The molecule has 1 spiro atoms. The lowest BCUT2D eigenvalue weighted by Gasteiger charge is -2.36. The van der Waals surface area contributed by atoms with Gasteiger partial charge in [0.2, 0.25) is 11.8 Å². The molecule has 2 saturated heterocycles. The van der Waals surface area contributed by atoms with E-state index in [4.69, 9.17) is 0 Å². The largest absolute Gasteiger partial charge is 0.356 e. The Balaban J connectivity index is 1.35. The fourth-order valence-electron chi connectivity index (χ4n) is 5.55. The molecule has 150 valence electrons. The zero-order valence-corrected chi connectivity index (χ0v) is 16.4. The number of carbonyl (C=O) groups is 2. The minimum Gasteiger partial charge on any atom is -0.356 e. The normalized spacial score (nSPS) is 27.7. The van der Waals surface area contributed by atoms with E-state index in [0.717, 1.165) is 49.9 Å². The van der Waals surface area contributed by atoms with Crippen molar-refractivity contribution in [2.24, 2.45) is 5.92 Å². The van der Waals surface area contributed by atoms with Crippen LogP contribution in [0.4, 0.5) is 5.69 Å². The van der Waals surface area contributed by atoms with E-state index in [2.05, 4.69) is 26.6 Å². The average Bonchev–Trinajstić information content (AvgIpc) is 3.40. The van der Waals surface area contributed by atoms with Crippen molar-refractivity contribution in [2.45, 2.75) is 43.7 Å². The summed E-state index contributed by atoms with van der Waals surface area (Å²) in [6, 6.07) is 12.1. The zero-order chi connectivity index (χ0) is 19.8. The molecule has 3 atom stereocenters. The van der Waals surface area contributed by atoms with Crippen molar-refractivity contribution in [2.75, 3.05) is 18.4 Å². The van der Waals surface area contributed by atoms with Gasteiger partial charge in [0.15, 0.2) is 0 Å². The molecule has 0 unspecified atom stereocenters. The number of pyridine rings is 1.